The molecule has 0 saturated carbocycles. The second-order valence-electron chi connectivity index (χ2n) is 2.31. The summed E-state index contributed by atoms with van der Waals surface area (Å²) < 4.78 is 17.8. The van der Waals surface area contributed by atoms with Crippen LogP contribution in [0.15, 0.2) is 23.5 Å². The molecule has 6 heteroatoms. The van der Waals surface area contributed by atoms with Gasteiger partial charge in [0.15, 0.2) is 22.8 Å². The molecule has 74 valence electrons. The Balaban J connectivity index is 2.75. The third-order valence-corrected chi connectivity index (χ3v) is 1.69. The van der Waals surface area contributed by atoms with Gasteiger partial charge < -0.3 is 20.3 Å². The summed E-state index contributed by atoms with van der Waals surface area (Å²) in [6.07, 6.45) is 1.13. The van der Waals surface area contributed by atoms with Crippen molar-refractivity contribution in [1.29, 1.82) is 0 Å². The van der Waals surface area contributed by atoms with Gasteiger partial charge >= 0.3 is 0 Å². The number of alkyl halides is 1. The largest absolute Gasteiger partial charge is 0.503 e. The molecule has 1 heterocycles. The van der Waals surface area contributed by atoms with E-state index >= 15 is 0 Å². The first kappa shape index (κ1) is 10.1. The molecule has 0 aromatic heterocycles. The molecule has 13 heavy (non-hydrogen) atoms. The van der Waals surface area contributed by atoms with Gasteiger partial charge in [0.1, 0.15) is 6.61 Å². The SMILES string of the molecule is OCCOC1=C(F)C(Cl)NC=C1O. The minimum atomic E-state index is -1.04. The van der Waals surface area contributed by atoms with E-state index in [1.807, 2.05) is 0 Å². The molecule has 1 atom stereocenters. The summed E-state index contributed by atoms with van der Waals surface area (Å²) in [6.45, 7) is -0.352. The van der Waals surface area contributed by atoms with Gasteiger partial charge in [-0.2, -0.15) is 0 Å². The molecule has 1 aliphatic heterocycles. The molecular weight excluding hydrogens is 201 g/mol. The lowest BCUT2D eigenvalue weighted by Gasteiger charge is -2.18. The summed E-state index contributed by atoms with van der Waals surface area (Å²) in [5, 5.41) is 19.9. The summed E-state index contributed by atoms with van der Waals surface area (Å²) in [7, 11) is 0. The minimum absolute atomic E-state index is 0.0930. The van der Waals surface area contributed by atoms with Crippen LogP contribution >= 0.6 is 11.6 Å². The summed E-state index contributed by atoms with van der Waals surface area (Å²) in [6, 6.07) is 0. The zero-order valence-corrected chi connectivity index (χ0v) is 7.38. The number of aliphatic hydroxyl groups excluding tert-OH is 2. The molecule has 1 aliphatic rings. The smallest absolute Gasteiger partial charge is 0.197 e. The van der Waals surface area contributed by atoms with Gasteiger partial charge in [-0.05, 0) is 0 Å². The van der Waals surface area contributed by atoms with Crippen molar-refractivity contribution in [2.24, 2.45) is 0 Å². The van der Waals surface area contributed by atoms with Gasteiger partial charge in [0, 0.05) is 6.20 Å². The highest BCUT2D eigenvalue weighted by Gasteiger charge is 2.24. The van der Waals surface area contributed by atoms with E-state index in [1.54, 1.807) is 0 Å². The summed E-state index contributed by atoms with van der Waals surface area (Å²) in [5.41, 5.74) is -1.04. The minimum Gasteiger partial charge on any atom is -0.503 e. The van der Waals surface area contributed by atoms with E-state index in [-0.39, 0.29) is 24.7 Å². The van der Waals surface area contributed by atoms with Gasteiger partial charge in [-0.3, -0.25) is 0 Å². The van der Waals surface area contributed by atoms with Crippen LogP contribution in [0.1, 0.15) is 0 Å². The molecule has 0 spiro atoms. The number of dihydropyridines is 1. The normalized spacial score (nSPS) is 22.4. The second kappa shape index (κ2) is 4.34. The van der Waals surface area contributed by atoms with E-state index < -0.39 is 11.3 Å². The van der Waals surface area contributed by atoms with Gasteiger partial charge in [-0.15, -0.1) is 0 Å². The molecule has 0 aromatic rings. The quantitative estimate of drug-likeness (QED) is 0.474. The number of ether oxygens (including phenoxy) is 1. The maximum Gasteiger partial charge on any atom is 0.197 e. The van der Waals surface area contributed by atoms with Gasteiger partial charge in [0.25, 0.3) is 0 Å². The van der Waals surface area contributed by atoms with Crippen molar-refractivity contribution < 1.29 is 19.3 Å². The number of halogens is 2. The zero-order chi connectivity index (χ0) is 9.84. The van der Waals surface area contributed by atoms with Crippen molar-refractivity contribution in [2.75, 3.05) is 13.2 Å². The lowest BCUT2D eigenvalue weighted by atomic mass is 10.3. The van der Waals surface area contributed by atoms with E-state index in [0.717, 1.165) is 6.20 Å². The molecule has 3 N–H and O–H groups in total. The van der Waals surface area contributed by atoms with Crippen molar-refractivity contribution in [3.8, 4) is 0 Å². The molecule has 1 unspecified atom stereocenters. The Bertz CT molecular complexity index is 254. The molecule has 0 bridgehead atoms. The maximum absolute atomic E-state index is 13.1. The van der Waals surface area contributed by atoms with Crippen LogP contribution in [-0.2, 0) is 4.74 Å². The second-order valence-corrected chi connectivity index (χ2v) is 2.74. The Morgan fingerprint density at radius 3 is 3.00 bits per heavy atom. The van der Waals surface area contributed by atoms with Crippen molar-refractivity contribution >= 4 is 11.6 Å². The molecule has 0 aromatic carbocycles. The molecule has 1 rings (SSSR count). The fraction of sp³-hybridized carbons (Fsp3) is 0.429. The first-order chi connectivity index (χ1) is 6.16. The lowest BCUT2D eigenvalue weighted by Crippen LogP contribution is -2.25. The lowest BCUT2D eigenvalue weighted by molar-refractivity contribution is 0.128. The highest BCUT2D eigenvalue weighted by atomic mass is 35.5. The van der Waals surface area contributed by atoms with Crippen molar-refractivity contribution in [3.63, 3.8) is 0 Å². The fourth-order valence-corrected chi connectivity index (χ4v) is 0.981. The molecule has 0 saturated heterocycles. The van der Waals surface area contributed by atoms with Crippen LogP contribution in [-0.4, -0.2) is 28.9 Å². The van der Waals surface area contributed by atoms with E-state index in [2.05, 4.69) is 5.32 Å². The fourth-order valence-electron chi connectivity index (χ4n) is 0.819. The summed E-state index contributed by atoms with van der Waals surface area (Å²) in [4.78, 5) is 0. The average molecular weight is 210 g/mol. The van der Waals surface area contributed by atoms with Gasteiger partial charge in [-0.25, -0.2) is 4.39 Å². The van der Waals surface area contributed by atoms with Gasteiger partial charge in [0.2, 0.25) is 0 Å². The van der Waals surface area contributed by atoms with Gasteiger partial charge in [-0.1, -0.05) is 11.6 Å². The van der Waals surface area contributed by atoms with Crippen molar-refractivity contribution in [3.05, 3.63) is 23.5 Å². The van der Waals surface area contributed by atoms with Crippen LogP contribution < -0.4 is 5.32 Å². The molecule has 0 radical (unpaired) electrons. The Hall–Kier alpha value is -0.940. The highest BCUT2D eigenvalue weighted by Crippen LogP contribution is 2.23. The summed E-state index contributed by atoms with van der Waals surface area (Å²) in [5.74, 6) is -1.49. The van der Waals surface area contributed by atoms with E-state index in [9.17, 15) is 4.39 Å². The number of hydrogen-bond donors (Lipinski definition) is 3. The Morgan fingerprint density at radius 1 is 1.69 bits per heavy atom. The Morgan fingerprint density at radius 2 is 2.38 bits per heavy atom. The Kier molecular flexibility index (Phi) is 3.39. The predicted octanol–water partition coefficient (Wildman–Crippen LogP) is 0.744. The maximum atomic E-state index is 13.1. The van der Waals surface area contributed by atoms with Gasteiger partial charge in [0.05, 0.1) is 6.61 Å². The first-order valence-corrected chi connectivity index (χ1v) is 4.03. The number of hydrogen-bond acceptors (Lipinski definition) is 4. The van der Waals surface area contributed by atoms with Crippen LogP contribution in [0.25, 0.3) is 0 Å². The van der Waals surface area contributed by atoms with E-state index in [4.69, 9.17) is 26.6 Å². The van der Waals surface area contributed by atoms with Crippen LogP contribution in [0.5, 0.6) is 0 Å². The van der Waals surface area contributed by atoms with E-state index in [0.29, 0.717) is 0 Å². The average Bonchev–Trinajstić information content (AvgIpc) is 2.12. The topological polar surface area (TPSA) is 61.7 Å². The standard InChI is InChI=1S/C7H9ClFNO3/c8-7-5(9)6(13-2-1-11)4(12)3-10-7/h3,7,10-12H,1-2H2. The summed E-state index contributed by atoms with van der Waals surface area (Å²) >= 11 is 5.46. The molecule has 0 aliphatic carbocycles. The van der Waals surface area contributed by atoms with Crippen LogP contribution in [0.3, 0.4) is 0 Å². The van der Waals surface area contributed by atoms with Crippen LogP contribution in [0, 0.1) is 0 Å². The van der Waals surface area contributed by atoms with E-state index in [1.165, 1.54) is 0 Å². The first-order valence-electron chi connectivity index (χ1n) is 3.59. The number of rotatable bonds is 3. The Labute approximate surface area is 79.3 Å². The van der Waals surface area contributed by atoms with Crippen LogP contribution in [0.4, 0.5) is 4.39 Å². The number of nitrogens with one attached hydrogen (secondary N) is 1. The highest BCUT2D eigenvalue weighted by molar-refractivity contribution is 6.22. The monoisotopic (exact) mass is 209 g/mol. The number of aliphatic hydroxyl groups is 2. The van der Waals surface area contributed by atoms with Crippen LogP contribution in [0.2, 0.25) is 0 Å². The molecule has 0 amide bonds. The third kappa shape index (κ3) is 2.26. The third-order valence-electron chi connectivity index (χ3n) is 1.38. The van der Waals surface area contributed by atoms with Crippen molar-refractivity contribution in [1.82, 2.24) is 5.32 Å². The predicted molar refractivity (Wildman–Crippen MR) is 44.7 cm³/mol. The molecule has 0 fully saturated rings. The van der Waals surface area contributed by atoms with Crippen molar-refractivity contribution in [2.45, 2.75) is 5.50 Å². The molecular formula is C7H9ClFNO3. The zero-order valence-electron chi connectivity index (χ0n) is 6.63. The molecule has 4 nitrogen and oxygen atoms in total.